The van der Waals surface area contributed by atoms with E-state index in [9.17, 15) is 10.2 Å². The molecule has 0 aromatic rings. The van der Waals surface area contributed by atoms with Gasteiger partial charge in [0, 0.05) is 0 Å². The molecule has 4 aliphatic carbocycles. The van der Waals surface area contributed by atoms with Crippen molar-refractivity contribution in [2.45, 2.75) is 151 Å². The van der Waals surface area contributed by atoms with E-state index in [4.69, 9.17) is 0 Å². The van der Waals surface area contributed by atoms with Crippen LogP contribution in [0.5, 0.6) is 0 Å². The van der Waals surface area contributed by atoms with Crippen LogP contribution in [0.4, 0.5) is 0 Å². The molecule has 2 heteroatoms. The van der Waals surface area contributed by atoms with Gasteiger partial charge in [-0.05, 0) is 124 Å². The van der Waals surface area contributed by atoms with Gasteiger partial charge < -0.3 is 10.2 Å². The summed E-state index contributed by atoms with van der Waals surface area (Å²) in [4.78, 5) is 0. The standard InChI is InChI=1S/C24H44O.C6H12O.C2H6/c1-15(2)11-21-20(16(3)4)12-18-13-24(5,6)14-22(18)23(21)17-7-9-19(25)10-8-17;1-6(7)4-2-3-5-6;1-2/h15-23,25H,7-14H2,1-6H3;7H,2-5H2,1H3;1-2H3. The Labute approximate surface area is 214 Å². The lowest BCUT2D eigenvalue weighted by Crippen LogP contribution is -2.45. The molecule has 5 atom stereocenters. The van der Waals surface area contributed by atoms with E-state index in [1.165, 1.54) is 51.4 Å². The molecule has 0 amide bonds. The van der Waals surface area contributed by atoms with Gasteiger partial charge in [0.2, 0.25) is 0 Å². The van der Waals surface area contributed by atoms with Crippen molar-refractivity contribution in [1.29, 1.82) is 0 Å². The number of hydrogen-bond donors (Lipinski definition) is 2. The lowest BCUT2D eigenvalue weighted by atomic mass is 9.54. The fourth-order valence-electron chi connectivity index (χ4n) is 8.55. The van der Waals surface area contributed by atoms with Crippen molar-refractivity contribution in [3.8, 4) is 0 Å². The van der Waals surface area contributed by atoms with Crippen LogP contribution < -0.4 is 0 Å². The molecule has 4 aliphatic rings. The Balaban J connectivity index is 0.000000384. The molecule has 0 bridgehead atoms. The third kappa shape index (κ3) is 8.22. The summed E-state index contributed by atoms with van der Waals surface area (Å²) in [6.07, 6.45) is 15.0. The maximum Gasteiger partial charge on any atom is 0.0619 e. The first kappa shape index (κ1) is 30.1. The van der Waals surface area contributed by atoms with E-state index in [0.29, 0.717) is 5.41 Å². The van der Waals surface area contributed by atoms with Crippen LogP contribution in [0.3, 0.4) is 0 Å². The second-order valence-electron chi connectivity index (χ2n) is 14.3. The van der Waals surface area contributed by atoms with Crippen LogP contribution in [0.2, 0.25) is 0 Å². The summed E-state index contributed by atoms with van der Waals surface area (Å²) in [5, 5.41) is 19.2. The zero-order valence-electron chi connectivity index (χ0n) is 24.6. The Hall–Kier alpha value is -0.0800. The molecule has 2 N–H and O–H groups in total. The van der Waals surface area contributed by atoms with E-state index in [2.05, 4.69) is 41.5 Å². The molecule has 4 saturated carbocycles. The zero-order chi connectivity index (χ0) is 25.7. The first-order chi connectivity index (χ1) is 15.9. The minimum Gasteiger partial charge on any atom is -0.393 e. The third-order valence-corrected chi connectivity index (χ3v) is 9.89. The van der Waals surface area contributed by atoms with Gasteiger partial charge in [-0.15, -0.1) is 0 Å². The fraction of sp³-hybridized carbons (Fsp3) is 1.00. The average Bonchev–Trinajstić information content (AvgIpc) is 3.29. The molecule has 0 aliphatic heterocycles. The van der Waals surface area contributed by atoms with Gasteiger partial charge in [-0.1, -0.05) is 68.2 Å². The van der Waals surface area contributed by atoms with Crippen molar-refractivity contribution in [2.75, 3.05) is 0 Å². The summed E-state index contributed by atoms with van der Waals surface area (Å²) >= 11 is 0. The molecule has 0 radical (unpaired) electrons. The molecule has 202 valence electrons. The second-order valence-corrected chi connectivity index (χ2v) is 14.3. The Kier molecular flexibility index (Phi) is 11.5. The van der Waals surface area contributed by atoms with Crippen LogP contribution >= 0.6 is 0 Å². The van der Waals surface area contributed by atoms with Gasteiger partial charge in [0.15, 0.2) is 0 Å². The number of aliphatic hydroxyl groups excluding tert-OH is 1. The lowest BCUT2D eigenvalue weighted by molar-refractivity contribution is -0.0354. The first-order valence-electron chi connectivity index (χ1n) is 15.3. The van der Waals surface area contributed by atoms with E-state index in [-0.39, 0.29) is 11.7 Å². The van der Waals surface area contributed by atoms with Gasteiger partial charge in [0.25, 0.3) is 0 Å². The summed E-state index contributed by atoms with van der Waals surface area (Å²) in [6.45, 7) is 20.8. The molecule has 0 aromatic heterocycles. The molecule has 0 aromatic carbocycles. The molecule has 2 nitrogen and oxygen atoms in total. The van der Waals surface area contributed by atoms with Gasteiger partial charge in [-0.25, -0.2) is 0 Å². The Morgan fingerprint density at radius 3 is 1.82 bits per heavy atom. The smallest absolute Gasteiger partial charge is 0.0619 e. The van der Waals surface area contributed by atoms with Crippen molar-refractivity contribution in [3.05, 3.63) is 0 Å². The highest BCUT2D eigenvalue weighted by Gasteiger charge is 2.53. The molecular formula is C32H62O2. The average molecular weight is 479 g/mol. The maximum atomic E-state index is 10.0. The quantitative estimate of drug-likeness (QED) is 0.423. The molecule has 34 heavy (non-hydrogen) atoms. The van der Waals surface area contributed by atoms with E-state index in [1.54, 1.807) is 0 Å². The molecule has 4 fully saturated rings. The van der Waals surface area contributed by atoms with Crippen molar-refractivity contribution >= 4 is 0 Å². The highest BCUT2D eigenvalue weighted by atomic mass is 16.3. The molecular weight excluding hydrogens is 416 g/mol. The van der Waals surface area contributed by atoms with Crippen molar-refractivity contribution < 1.29 is 10.2 Å². The van der Waals surface area contributed by atoms with Crippen LogP contribution in [0, 0.1) is 52.8 Å². The van der Waals surface area contributed by atoms with Crippen LogP contribution in [-0.4, -0.2) is 21.9 Å². The van der Waals surface area contributed by atoms with Crippen molar-refractivity contribution in [2.24, 2.45) is 52.8 Å². The predicted octanol–water partition coefficient (Wildman–Crippen LogP) is 8.88. The molecule has 0 heterocycles. The number of hydrogen-bond acceptors (Lipinski definition) is 2. The van der Waals surface area contributed by atoms with E-state index in [1.807, 2.05) is 20.8 Å². The van der Waals surface area contributed by atoms with Crippen molar-refractivity contribution in [3.63, 3.8) is 0 Å². The summed E-state index contributed by atoms with van der Waals surface area (Å²) in [5.74, 6) is 7.25. The highest BCUT2D eigenvalue weighted by Crippen LogP contribution is 2.61. The van der Waals surface area contributed by atoms with Crippen LogP contribution in [0.15, 0.2) is 0 Å². The Morgan fingerprint density at radius 1 is 0.824 bits per heavy atom. The fourth-order valence-corrected chi connectivity index (χ4v) is 8.55. The minimum atomic E-state index is -0.306. The van der Waals surface area contributed by atoms with Gasteiger partial charge in [0.05, 0.1) is 11.7 Å². The van der Waals surface area contributed by atoms with E-state index < -0.39 is 0 Å². The van der Waals surface area contributed by atoms with E-state index >= 15 is 0 Å². The lowest BCUT2D eigenvalue weighted by Gasteiger charge is -2.51. The number of aliphatic hydroxyl groups is 2. The van der Waals surface area contributed by atoms with E-state index in [0.717, 1.165) is 73.0 Å². The Morgan fingerprint density at radius 2 is 1.38 bits per heavy atom. The topological polar surface area (TPSA) is 40.5 Å². The molecule has 0 saturated heterocycles. The van der Waals surface area contributed by atoms with Crippen LogP contribution in [0.25, 0.3) is 0 Å². The van der Waals surface area contributed by atoms with Gasteiger partial charge in [-0.3, -0.25) is 0 Å². The normalized spacial score (nSPS) is 38.6. The monoisotopic (exact) mass is 478 g/mol. The summed E-state index contributed by atoms with van der Waals surface area (Å²) in [7, 11) is 0. The first-order valence-corrected chi connectivity index (χ1v) is 15.3. The molecule has 5 unspecified atom stereocenters. The summed E-state index contributed by atoms with van der Waals surface area (Å²) in [6, 6.07) is 0. The molecule has 4 rings (SSSR count). The predicted molar refractivity (Wildman–Crippen MR) is 148 cm³/mol. The SMILES string of the molecule is CC.CC(C)CC1C(C(C)C)CC2CC(C)(C)CC2C1C1CCC(O)CC1.CC1(O)CCCC1. The van der Waals surface area contributed by atoms with Gasteiger partial charge >= 0.3 is 0 Å². The number of rotatable bonds is 4. The van der Waals surface area contributed by atoms with Gasteiger partial charge in [-0.2, -0.15) is 0 Å². The minimum absolute atomic E-state index is 0.0138. The summed E-state index contributed by atoms with van der Waals surface area (Å²) in [5.41, 5.74) is 0.246. The second kappa shape index (κ2) is 12.9. The third-order valence-electron chi connectivity index (χ3n) is 9.89. The maximum absolute atomic E-state index is 10.0. The zero-order valence-corrected chi connectivity index (χ0v) is 24.6. The van der Waals surface area contributed by atoms with Crippen LogP contribution in [0.1, 0.15) is 139 Å². The highest BCUT2D eigenvalue weighted by molar-refractivity contribution is 5.02. The van der Waals surface area contributed by atoms with Gasteiger partial charge in [0.1, 0.15) is 0 Å². The van der Waals surface area contributed by atoms with Crippen LogP contribution in [-0.2, 0) is 0 Å². The molecule has 0 spiro atoms. The van der Waals surface area contributed by atoms with Crippen molar-refractivity contribution in [1.82, 2.24) is 0 Å². The Bertz CT molecular complexity index is 562. The summed E-state index contributed by atoms with van der Waals surface area (Å²) < 4.78 is 0. The number of fused-ring (bicyclic) bond motifs is 1. The largest absolute Gasteiger partial charge is 0.393 e.